The molecule has 0 saturated carbocycles. The molecule has 0 aliphatic heterocycles. The van der Waals surface area contributed by atoms with Crippen LogP contribution in [0.5, 0.6) is 11.5 Å². The van der Waals surface area contributed by atoms with Crippen molar-refractivity contribution in [2.45, 2.75) is 12.9 Å². The first kappa shape index (κ1) is 22.3. The molecule has 0 saturated heterocycles. The molecule has 5 nitrogen and oxygen atoms in total. The minimum Gasteiger partial charge on any atom is -0.482 e. The number of anilines is 1. The number of rotatable bonds is 8. The summed E-state index contributed by atoms with van der Waals surface area (Å²) in [5, 5.41) is 12.0. The molecule has 0 spiro atoms. The van der Waals surface area contributed by atoms with Gasteiger partial charge in [0, 0.05) is 17.8 Å². The van der Waals surface area contributed by atoms with Crippen molar-refractivity contribution >= 4 is 23.3 Å². The van der Waals surface area contributed by atoms with Crippen molar-refractivity contribution in [1.29, 1.82) is 0 Å². The number of hydrogen-bond donors (Lipinski definition) is 2. The predicted molar refractivity (Wildman–Crippen MR) is 110 cm³/mol. The van der Waals surface area contributed by atoms with E-state index in [1.165, 1.54) is 12.1 Å². The van der Waals surface area contributed by atoms with Gasteiger partial charge in [-0.3, -0.25) is 0 Å². The van der Waals surface area contributed by atoms with E-state index in [0.29, 0.717) is 17.9 Å². The highest BCUT2D eigenvalue weighted by Gasteiger charge is 2.31. The number of nitrogens with one attached hydrogen (secondary N) is 1. The van der Waals surface area contributed by atoms with E-state index < -0.39 is 18.9 Å². The third-order valence-electron chi connectivity index (χ3n) is 4.13. The van der Waals surface area contributed by atoms with Gasteiger partial charge < -0.3 is 19.9 Å². The lowest BCUT2D eigenvalue weighted by atomic mass is 10.0. The van der Waals surface area contributed by atoms with E-state index in [1.807, 2.05) is 24.3 Å². The molecule has 0 amide bonds. The molecule has 162 valence electrons. The van der Waals surface area contributed by atoms with E-state index in [2.05, 4.69) is 10.1 Å². The van der Waals surface area contributed by atoms with Crippen LogP contribution in [0.25, 0.3) is 11.1 Å². The SMILES string of the molecule is O=C(O)COc1ccc(NCc2cccc(-c3ccc(OC(F)(F)F)cc3Cl)c2)cc1. The van der Waals surface area contributed by atoms with Crippen LogP contribution in [-0.2, 0) is 11.3 Å². The minimum absolute atomic E-state index is 0.142. The van der Waals surface area contributed by atoms with Crippen LogP contribution >= 0.6 is 11.6 Å². The number of benzene rings is 3. The highest BCUT2D eigenvalue weighted by atomic mass is 35.5. The Bertz CT molecular complexity index is 1060. The summed E-state index contributed by atoms with van der Waals surface area (Å²) in [5.74, 6) is -0.984. The van der Waals surface area contributed by atoms with Crippen LogP contribution in [0.15, 0.2) is 66.7 Å². The van der Waals surface area contributed by atoms with E-state index in [1.54, 1.807) is 24.3 Å². The number of carboxylic acids is 1. The second kappa shape index (κ2) is 9.61. The highest BCUT2D eigenvalue weighted by molar-refractivity contribution is 6.33. The van der Waals surface area contributed by atoms with Gasteiger partial charge in [0.15, 0.2) is 6.61 Å². The molecule has 0 radical (unpaired) electrons. The first-order valence-corrected chi connectivity index (χ1v) is 9.40. The van der Waals surface area contributed by atoms with Gasteiger partial charge >= 0.3 is 12.3 Å². The number of alkyl halides is 3. The van der Waals surface area contributed by atoms with Crippen molar-refractivity contribution in [2.75, 3.05) is 11.9 Å². The standard InChI is InChI=1S/C22H17ClF3NO4/c23-20-11-18(31-22(24,25)26)8-9-19(20)15-3-1-2-14(10-15)12-27-16-4-6-17(7-5-16)30-13-21(28)29/h1-11,27H,12-13H2,(H,28,29). The molecule has 2 N–H and O–H groups in total. The van der Waals surface area contributed by atoms with Gasteiger partial charge in [0.1, 0.15) is 11.5 Å². The minimum atomic E-state index is -4.78. The van der Waals surface area contributed by atoms with Crippen LogP contribution in [0.2, 0.25) is 5.02 Å². The van der Waals surface area contributed by atoms with Crippen molar-refractivity contribution < 1.29 is 32.5 Å². The van der Waals surface area contributed by atoms with Gasteiger partial charge in [-0.2, -0.15) is 0 Å². The molecule has 0 aromatic heterocycles. The zero-order valence-electron chi connectivity index (χ0n) is 15.9. The summed E-state index contributed by atoms with van der Waals surface area (Å²) < 4.78 is 46.1. The summed E-state index contributed by atoms with van der Waals surface area (Å²) in [7, 11) is 0. The maximum atomic E-state index is 12.4. The Hall–Kier alpha value is -3.39. The van der Waals surface area contributed by atoms with Gasteiger partial charge in [-0.25, -0.2) is 4.79 Å². The maximum absolute atomic E-state index is 12.4. The second-order valence-electron chi connectivity index (χ2n) is 6.45. The zero-order chi connectivity index (χ0) is 22.4. The molecule has 31 heavy (non-hydrogen) atoms. The molecule has 3 rings (SSSR count). The quantitative estimate of drug-likeness (QED) is 0.441. The molecule has 0 heterocycles. The van der Waals surface area contributed by atoms with Crippen LogP contribution in [0.4, 0.5) is 18.9 Å². The third-order valence-corrected chi connectivity index (χ3v) is 4.44. The summed E-state index contributed by atoms with van der Waals surface area (Å²) in [6.07, 6.45) is -4.78. The van der Waals surface area contributed by atoms with Gasteiger partial charge in [-0.15, -0.1) is 13.2 Å². The number of ether oxygens (including phenoxy) is 2. The largest absolute Gasteiger partial charge is 0.573 e. The van der Waals surface area contributed by atoms with Gasteiger partial charge in [0.05, 0.1) is 5.02 Å². The lowest BCUT2D eigenvalue weighted by Gasteiger charge is -2.12. The van der Waals surface area contributed by atoms with Gasteiger partial charge in [0.25, 0.3) is 0 Å². The fourth-order valence-corrected chi connectivity index (χ4v) is 3.07. The molecule has 0 aliphatic rings. The van der Waals surface area contributed by atoms with Crippen molar-refractivity contribution in [1.82, 2.24) is 0 Å². The molecular formula is C22H17ClF3NO4. The average molecular weight is 452 g/mol. The molecule has 0 aliphatic carbocycles. The Labute approximate surface area is 181 Å². The first-order chi connectivity index (χ1) is 14.7. The van der Waals surface area contributed by atoms with E-state index in [-0.39, 0.29) is 10.8 Å². The molecule has 0 atom stereocenters. The smallest absolute Gasteiger partial charge is 0.482 e. The summed E-state index contributed by atoms with van der Waals surface area (Å²) >= 11 is 6.17. The number of hydrogen-bond acceptors (Lipinski definition) is 4. The zero-order valence-corrected chi connectivity index (χ0v) is 16.7. The molecular weight excluding hydrogens is 435 g/mol. The number of carbonyl (C=O) groups is 1. The van der Waals surface area contributed by atoms with Gasteiger partial charge in [-0.1, -0.05) is 29.8 Å². The highest BCUT2D eigenvalue weighted by Crippen LogP contribution is 2.33. The Balaban J connectivity index is 1.66. The molecule has 0 unspecified atom stereocenters. The number of aliphatic carboxylic acids is 1. The van der Waals surface area contributed by atoms with E-state index in [0.717, 1.165) is 22.9 Å². The number of halogens is 4. The predicted octanol–water partition coefficient (Wildman–Crippen LogP) is 5.98. The Morgan fingerprint density at radius 2 is 1.71 bits per heavy atom. The Morgan fingerprint density at radius 3 is 2.35 bits per heavy atom. The van der Waals surface area contributed by atoms with Crippen LogP contribution < -0.4 is 14.8 Å². The normalized spacial score (nSPS) is 11.1. The first-order valence-electron chi connectivity index (χ1n) is 9.03. The van der Waals surface area contributed by atoms with Crippen LogP contribution in [0.3, 0.4) is 0 Å². The van der Waals surface area contributed by atoms with Crippen LogP contribution in [0.1, 0.15) is 5.56 Å². The lowest BCUT2D eigenvalue weighted by Crippen LogP contribution is -2.17. The van der Waals surface area contributed by atoms with Crippen molar-refractivity contribution in [3.05, 3.63) is 77.3 Å². The topological polar surface area (TPSA) is 67.8 Å². The van der Waals surface area contributed by atoms with Crippen molar-refractivity contribution in [3.8, 4) is 22.6 Å². The fourth-order valence-electron chi connectivity index (χ4n) is 2.79. The summed E-state index contributed by atoms with van der Waals surface area (Å²) in [4.78, 5) is 10.5. The lowest BCUT2D eigenvalue weighted by molar-refractivity contribution is -0.274. The molecule has 9 heteroatoms. The third kappa shape index (κ3) is 6.82. The van der Waals surface area contributed by atoms with Crippen molar-refractivity contribution in [3.63, 3.8) is 0 Å². The average Bonchev–Trinajstić information content (AvgIpc) is 2.70. The van der Waals surface area contributed by atoms with E-state index in [9.17, 15) is 18.0 Å². The summed E-state index contributed by atoms with van der Waals surface area (Å²) in [6.45, 7) is 0.0709. The van der Waals surface area contributed by atoms with Crippen molar-refractivity contribution in [2.24, 2.45) is 0 Å². The van der Waals surface area contributed by atoms with E-state index >= 15 is 0 Å². The maximum Gasteiger partial charge on any atom is 0.573 e. The fraction of sp³-hybridized carbons (Fsp3) is 0.136. The van der Waals surface area contributed by atoms with Gasteiger partial charge in [0.2, 0.25) is 0 Å². The second-order valence-corrected chi connectivity index (χ2v) is 6.86. The number of carboxylic acid groups (broad SMARTS) is 1. The molecule has 0 fully saturated rings. The van der Waals surface area contributed by atoms with E-state index in [4.69, 9.17) is 21.4 Å². The summed E-state index contributed by atoms with van der Waals surface area (Å²) in [5.41, 5.74) is 3.06. The molecule has 3 aromatic carbocycles. The van der Waals surface area contributed by atoms with Crippen LogP contribution in [0, 0.1) is 0 Å². The molecule has 3 aromatic rings. The Kier molecular flexibility index (Phi) is 6.91. The monoisotopic (exact) mass is 451 g/mol. The molecule has 0 bridgehead atoms. The van der Waals surface area contributed by atoms with Gasteiger partial charge in [-0.05, 0) is 59.7 Å². The Morgan fingerprint density at radius 1 is 1.00 bits per heavy atom. The summed E-state index contributed by atoms with van der Waals surface area (Å²) in [6, 6.07) is 18.1. The van der Waals surface area contributed by atoms with Crippen LogP contribution in [-0.4, -0.2) is 24.0 Å².